The number of amides is 1. The first kappa shape index (κ1) is 17.6. The summed E-state index contributed by atoms with van der Waals surface area (Å²) in [5.74, 6) is 1.16. The summed E-state index contributed by atoms with van der Waals surface area (Å²) < 4.78 is 5.03. The van der Waals surface area contributed by atoms with Gasteiger partial charge in [0.25, 0.3) is 0 Å². The smallest absolute Gasteiger partial charge is 0.223 e. The highest BCUT2D eigenvalue weighted by Gasteiger charge is 2.33. The molecule has 1 aromatic heterocycles. The lowest BCUT2D eigenvalue weighted by atomic mass is 10.0. The second kappa shape index (κ2) is 7.78. The number of nitrogens with zero attached hydrogens (tertiary/aromatic N) is 4. The van der Waals surface area contributed by atoms with Crippen LogP contribution in [0.15, 0.2) is 34.9 Å². The van der Waals surface area contributed by atoms with Crippen molar-refractivity contribution in [1.29, 1.82) is 0 Å². The van der Waals surface area contributed by atoms with E-state index in [0.29, 0.717) is 24.3 Å². The van der Waals surface area contributed by atoms with Crippen LogP contribution in [0.4, 0.5) is 0 Å². The van der Waals surface area contributed by atoms with Gasteiger partial charge < -0.3 is 9.42 Å². The Morgan fingerprint density at radius 1 is 1.40 bits per heavy atom. The molecule has 134 valence electrons. The van der Waals surface area contributed by atoms with Crippen molar-refractivity contribution >= 4 is 5.91 Å². The average molecular weight is 342 g/mol. The summed E-state index contributed by atoms with van der Waals surface area (Å²) in [7, 11) is 0. The summed E-state index contributed by atoms with van der Waals surface area (Å²) in [5, 5.41) is 3.93. The summed E-state index contributed by atoms with van der Waals surface area (Å²) in [6.07, 6.45) is 2.03. The number of carbonyl (C=O) groups is 1. The molecule has 0 radical (unpaired) electrons. The van der Waals surface area contributed by atoms with Gasteiger partial charge in [-0.25, -0.2) is 0 Å². The number of rotatable bonds is 6. The Bertz CT molecular complexity index is 700. The van der Waals surface area contributed by atoms with E-state index in [9.17, 15) is 4.79 Å². The van der Waals surface area contributed by atoms with Crippen LogP contribution in [0.5, 0.6) is 0 Å². The van der Waals surface area contributed by atoms with Gasteiger partial charge in [-0.1, -0.05) is 42.4 Å². The maximum atomic E-state index is 12.2. The van der Waals surface area contributed by atoms with Crippen molar-refractivity contribution in [2.75, 3.05) is 13.1 Å². The van der Waals surface area contributed by atoms with Crippen molar-refractivity contribution in [3.05, 3.63) is 47.6 Å². The minimum atomic E-state index is 0.0575. The van der Waals surface area contributed by atoms with E-state index in [0.717, 1.165) is 25.9 Å². The molecule has 2 aromatic rings. The van der Waals surface area contributed by atoms with Gasteiger partial charge in [0.1, 0.15) is 0 Å². The highest BCUT2D eigenvalue weighted by Crippen LogP contribution is 2.29. The highest BCUT2D eigenvalue weighted by molar-refractivity contribution is 5.73. The lowest BCUT2D eigenvalue weighted by Gasteiger charge is -2.30. The molecule has 1 aliphatic rings. The molecular weight excluding hydrogens is 316 g/mol. The average Bonchev–Trinajstić information content (AvgIpc) is 3.23. The fourth-order valence-electron chi connectivity index (χ4n) is 3.74. The van der Waals surface area contributed by atoms with Crippen LogP contribution in [0.25, 0.3) is 0 Å². The second-order valence-electron chi connectivity index (χ2n) is 6.65. The Morgan fingerprint density at radius 2 is 2.16 bits per heavy atom. The van der Waals surface area contributed by atoms with Crippen LogP contribution in [0, 0.1) is 6.92 Å². The van der Waals surface area contributed by atoms with Crippen LogP contribution in [-0.2, 0) is 11.3 Å². The Labute approximate surface area is 148 Å². The van der Waals surface area contributed by atoms with Gasteiger partial charge in [-0.05, 0) is 18.4 Å². The van der Waals surface area contributed by atoms with E-state index in [-0.39, 0.29) is 11.9 Å². The predicted octanol–water partition coefficient (Wildman–Crippen LogP) is 2.95. The number of hydrogen-bond donors (Lipinski definition) is 0. The van der Waals surface area contributed by atoms with E-state index in [2.05, 4.69) is 46.2 Å². The van der Waals surface area contributed by atoms with Crippen LogP contribution < -0.4 is 0 Å². The molecule has 0 spiro atoms. The van der Waals surface area contributed by atoms with Crippen molar-refractivity contribution in [3.8, 4) is 0 Å². The molecule has 0 saturated carbocycles. The monoisotopic (exact) mass is 342 g/mol. The lowest BCUT2D eigenvalue weighted by molar-refractivity contribution is -0.131. The van der Waals surface area contributed by atoms with Crippen LogP contribution in [-0.4, -0.2) is 45.0 Å². The van der Waals surface area contributed by atoms with Crippen molar-refractivity contribution in [2.24, 2.45) is 0 Å². The van der Waals surface area contributed by atoms with Gasteiger partial charge in [-0.2, -0.15) is 4.98 Å². The zero-order valence-corrected chi connectivity index (χ0v) is 15.2. The zero-order chi connectivity index (χ0) is 17.8. The molecule has 2 heterocycles. The summed E-state index contributed by atoms with van der Waals surface area (Å²) in [6, 6.07) is 11.2. The van der Waals surface area contributed by atoms with Crippen LogP contribution >= 0.6 is 0 Å². The number of benzene rings is 1. The summed E-state index contributed by atoms with van der Waals surface area (Å²) in [4.78, 5) is 20.8. The number of aryl methyl sites for hydroxylation is 1. The second-order valence-corrected chi connectivity index (χ2v) is 6.65. The van der Waals surface area contributed by atoms with Gasteiger partial charge in [-0.15, -0.1) is 0 Å². The van der Waals surface area contributed by atoms with E-state index < -0.39 is 0 Å². The fraction of sp³-hybridized carbons (Fsp3) is 0.526. The molecule has 0 unspecified atom stereocenters. The molecule has 1 aliphatic heterocycles. The van der Waals surface area contributed by atoms with Crippen molar-refractivity contribution in [1.82, 2.24) is 19.9 Å². The topological polar surface area (TPSA) is 62.5 Å². The predicted molar refractivity (Wildman–Crippen MR) is 94.7 cm³/mol. The Balaban J connectivity index is 1.70. The minimum Gasteiger partial charge on any atom is -0.340 e. The van der Waals surface area contributed by atoms with Gasteiger partial charge >= 0.3 is 0 Å². The third-order valence-electron chi connectivity index (χ3n) is 4.93. The molecular formula is C19H26N4O2. The number of aromatic nitrogens is 2. The first-order valence-electron chi connectivity index (χ1n) is 8.94. The standard InChI is InChI=1S/C19H26N4O2/c1-4-18(16-8-6-5-7-9-16)22-11-10-17(12-22)23(15(3)24)13-19-20-14(2)25-21-19/h5-9,17-18H,4,10-13H2,1-3H3/t17-,18+/m0/s1. The normalized spacial score (nSPS) is 19.1. The lowest BCUT2D eigenvalue weighted by Crippen LogP contribution is -2.41. The van der Waals surface area contributed by atoms with Crippen LogP contribution in [0.1, 0.15) is 50.0 Å². The molecule has 0 bridgehead atoms. The van der Waals surface area contributed by atoms with Gasteiger partial charge in [-0.3, -0.25) is 9.69 Å². The molecule has 1 saturated heterocycles. The molecule has 0 N–H and O–H groups in total. The first-order chi connectivity index (χ1) is 12.1. The van der Waals surface area contributed by atoms with Gasteiger partial charge in [0.05, 0.1) is 6.54 Å². The molecule has 3 rings (SSSR count). The maximum absolute atomic E-state index is 12.2. The molecule has 1 aromatic carbocycles. The van der Waals surface area contributed by atoms with Gasteiger partial charge in [0.15, 0.2) is 5.82 Å². The Kier molecular flexibility index (Phi) is 5.48. The Morgan fingerprint density at radius 3 is 2.76 bits per heavy atom. The number of carbonyl (C=O) groups excluding carboxylic acids is 1. The molecule has 25 heavy (non-hydrogen) atoms. The number of hydrogen-bond acceptors (Lipinski definition) is 5. The maximum Gasteiger partial charge on any atom is 0.223 e. The van der Waals surface area contributed by atoms with Crippen LogP contribution in [0.3, 0.4) is 0 Å². The molecule has 1 fully saturated rings. The van der Waals surface area contributed by atoms with Crippen molar-refractivity contribution in [2.45, 2.75) is 52.2 Å². The zero-order valence-electron chi connectivity index (χ0n) is 15.2. The summed E-state index contributed by atoms with van der Waals surface area (Å²) >= 11 is 0. The molecule has 6 nitrogen and oxygen atoms in total. The third-order valence-corrected chi connectivity index (χ3v) is 4.93. The quantitative estimate of drug-likeness (QED) is 0.808. The van der Waals surface area contributed by atoms with E-state index in [1.54, 1.807) is 13.8 Å². The van der Waals surface area contributed by atoms with Gasteiger partial charge in [0.2, 0.25) is 11.8 Å². The number of likely N-dealkylation sites (tertiary alicyclic amines) is 1. The Hall–Kier alpha value is -2.21. The van der Waals surface area contributed by atoms with E-state index in [1.165, 1.54) is 5.56 Å². The largest absolute Gasteiger partial charge is 0.340 e. The van der Waals surface area contributed by atoms with Crippen molar-refractivity contribution in [3.63, 3.8) is 0 Å². The van der Waals surface area contributed by atoms with Crippen molar-refractivity contribution < 1.29 is 9.32 Å². The summed E-state index contributed by atoms with van der Waals surface area (Å²) in [6.45, 7) is 7.88. The molecule has 6 heteroatoms. The van der Waals surface area contributed by atoms with E-state index in [1.807, 2.05) is 11.0 Å². The van der Waals surface area contributed by atoms with Crippen LogP contribution in [0.2, 0.25) is 0 Å². The fourth-order valence-corrected chi connectivity index (χ4v) is 3.74. The third kappa shape index (κ3) is 4.07. The molecule has 0 aliphatic carbocycles. The van der Waals surface area contributed by atoms with E-state index in [4.69, 9.17) is 4.52 Å². The van der Waals surface area contributed by atoms with Gasteiger partial charge in [0, 0.05) is 39.0 Å². The molecule has 1 amide bonds. The SMILES string of the molecule is CC[C@H](c1ccccc1)N1CC[C@H](N(Cc2noc(C)n2)C(C)=O)C1. The minimum absolute atomic E-state index is 0.0575. The van der Waals surface area contributed by atoms with E-state index >= 15 is 0 Å². The first-order valence-corrected chi connectivity index (χ1v) is 8.94. The highest BCUT2D eigenvalue weighted by atomic mass is 16.5. The molecule has 2 atom stereocenters. The summed E-state index contributed by atoms with van der Waals surface area (Å²) in [5.41, 5.74) is 1.34.